The molecule has 1 aliphatic heterocycles. The summed E-state index contributed by atoms with van der Waals surface area (Å²) >= 11 is 5.87. The molecule has 2 aliphatic rings. The Bertz CT molecular complexity index is 1050. The standard InChI is InChI=1S/C27H32N4S/c1-19(2)20-11-13-23(14-12-20)31-26(25(29-27(31)32)24-10-6-7-16-28-24)21-15-17-30(18-21)22-8-4-3-5-9-22/h6-7,10-19,22,25-26H,3-5,8-9H2,1-2H3,(H,29,32)/t25-,26-/m1/s1. The zero-order valence-electron chi connectivity index (χ0n) is 18.9. The van der Waals surface area contributed by atoms with E-state index in [0.29, 0.717) is 12.0 Å². The third kappa shape index (κ3) is 4.06. The van der Waals surface area contributed by atoms with Crippen LogP contribution in [-0.4, -0.2) is 14.7 Å². The Hall–Kier alpha value is -2.66. The lowest BCUT2D eigenvalue weighted by atomic mass is 9.95. The fraction of sp³-hybridized carbons (Fsp3) is 0.407. The number of nitrogens with one attached hydrogen (secondary N) is 1. The highest BCUT2D eigenvalue weighted by Gasteiger charge is 2.41. The predicted octanol–water partition coefficient (Wildman–Crippen LogP) is 6.69. The van der Waals surface area contributed by atoms with Gasteiger partial charge in [0.25, 0.3) is 0 Å². The van der Waals surface area contributed by atoms with Crippen molar-refractivity contribution in [3.63, 3.8) is 0 Å². The van der Waals surface area contributed by atoms with Gasteiger partial charge in [0.15, 0.2) is 5.11 Å². The van der Waals surface area contributed by atoms with Gasteiger partial charge in [-0.25, -0.2) is 0 Å². The summed E-state index contributed by atoms with van der Waals surface area (Å²) in [6.45, 7) is 4.45. The zero-order chi connectivity index (χ0) is 22.1. The molecule has 0 amide bonds. The van der Waals surface area contributed by atoms with E-state index in [1.54, 1.807) is 0 Å². The molecule has 32 heavy (non-hydrogen) atoms. The van der Waals surface area contributed by atoms with Crippen molar-refractivity contribution >= 4 is 23.0 Å². The summed E-state index contributed by atoms with van der Waals surface area (Å²) in [6.07, 6.45) is 13.1. The number of hydrogen-bond donors (Lipinski definition) is 1. The lowest BCUT2D eigenvalue weighted by Gasteiger charge is -2.28. The second kappa shape index (κ2) is 9.07. The van der Waals surface area contributed by atoms with Crippen LogP contribution in [0.25, 0.3) is 0 Å². The Labute approximate surface area is 196 Å². The zero-order valence-corrected chi connectivity index (χ0v) is 19.8. The fourth-order valence-corrected chi connectivity index (χ4v) is 5.55. The minimum atomic E-state index is 0.00989. The summed E-state index contributed by atoms with van der Waals surface area (Å²) in [5.74, 6) is 0.509. The van der Waals surface area contributed by atoms with Crippen LogP contribution in [0.1, 0.15) is 86.8 Å². The summed E-state index contributed by atoms with van der Waals surface area (Å²) in [5.41, 5.74) is 4.77. The van der Waals surface area contributed by atoms with Crippen LogP contribution < -0.4 is 10.2 Å². The van der Waals surface area contributed by atoms with Crippen molar-refractivity contribution in [1.29, 1.82) is 0 Å². The molecule has 1 saturated heterocycles. The maximum atomic E-state index is 5.87. The lowest BCUT2D eigenvalue weighted by Crippen LogP contribution is -2.29. The van der Waals surface area contributed by atoms with Gasteiger partial charge >= 0.3 is 0 Å². The number of benzene rings is 1. The second-order valence-corrected chi connectivity index (χ2v) is 9.81. The maximum Gasteiger partial charge on any atom is 0.174 e. The van der Waals surface area contributed by atoms with Crippen molar-refractivity contribution < 1.29 is 0 Å². The molecule has 2 aromatic heterocycles. The number of nitrogens with zero attached hydrogens (tertiary/aromatic N) is 3. The van der Waals surface area contributed by atoms with Crippen molar-refractivity contribution in [1.82, 2.24) is 14.9 Å². The first-order chi connectivity index (χ1) is 15.6. The van der Waals surface area contributed by atoms with E-state index in [2.05, 4.69) is 88.5 Å². The molecule has 4 nitrogen and oxygen atoms in total. The first-order valence-electron chi connectivity index (χ1n) is 11.9. The van der Waals surface area contributed by atoms with Gasteiger partial charge in [0, 0.05) is 30.3 Å². The van der Waals surface area contributed by atoms with E-state index < -0.39 is 0 Å². The number of hydrogen-bond acceptors (Lipinski definition) is 2. The highest BCUT2D eigenvalue weighted by Crippen LogP contribution is 2.42. The Morgan fingerprint density at radius 2 is 1.78 bits per heavy atom. The molecule has 1 aliphatic carbocycles. The van der Waals surface area contributed by atoms with Crippen molar-refractivity contribution in [3.05, 3.63) is 83.9 Å². The van der Waals surface area contributed by atoms with Crippen LogP contribution in [0.2, 0.25) is 0 Å². The predicted molar refractivity (Wildman–Crippen MR) is 135 cm³/mol. The molecular weight excluding hydrogens is 412 g/mol. The Balaban J connectivity index is 1.53. The molecule has 0 spiro atoms. The number of thiocarbonyl (C=S) groups is 1. The molecule has 0 radical (unpaired) electrons. The molecule has 3 heterocycles. The Morgan fingerprint density at radius 3 is 2.47 bits per heavy atom. The van der Waals surface area contributed by atoms with E-state index in [1.165, 1.54) is 43.2 Å². The summed E-state index contributed by atoms with van der Waals surface area (Å²) in [7, 11) is 0. The van der Waals surface area contributed by atoms with Crippen molar-refractivity contribution in [2.75, 3.05) is 4.90 Å². The van der Waals surface area contributed by atoms with Crippen LogP contribution in [0.3, 0.4) is 0 Å². The molecule has 0 bridgehead atoms. The van der Waals surface area contributed by atoms with E-state index in [-0.39, 0.29) is 12.1 Å². The highest BCUT2D eigenvalue weighted by molar-refractivity contribution is 7.80. The van der Waals surface area contributed by atoms with Crippen molar-refractivity contribution in [2.45, 2.75) is 70.0 Å². The smallest absolute Gasteiger partial charge is 0.174 e. The van der Waals surface area contributed by atoms with Gasteiger partial charge < -0.3 is 14.8 Å². The Morgan fingerprint density at radius 1 is 1.00 bits per heavy atom. The molecule has 5 heteroatoms. The SMILES string of the molecule is CC(C)c1ccc(N2C(=S)N[C@H](c3ccccn3)[C@H]2c2ccn(C3CCCCC3)c2)cc1. The highest BCUT2D eigenvalue weighted by atomic mass is 32.1. The first kappa shape index (κ1) is 21.2. The number of rotatable bonds is 5. The van der Waals surface area contributed by atoms with Crippen LogP contribution >= 0.6 is 12.2 Å². The summed E-state index contributed by atoms with van der Waals surface area (Å²) < 4.78 is 2.44. The third-order valence-electron chi connectivity index (χ3n) is 7.01. The summed E-state index contributed by atoms with van der Waals surface area (Å²) in [4.78, 5) is 6.95. The van der Waals surface area contributed by atoms with Gasteiger partial charge in [0.05, 0.1) is 17.8 Å². The maximum absolute atomic E-state index is 5.87. The number of pyridine rings is 1. The molecule has 1 N–H and O–H groups in total. The van der Waals surface area contributed by atoms with E-state index in [9.17, 15) is 0 Å². The van der Waals surface area contributed by atoms with Crippen LogP contribution in [0, 0.1) is 0 Å². The molecule has 5 rings (SSSR count). The van der Waals surface area contributed by atoms with Gasteiger partial charge in [-0.15, -0.1) is 0 Å². The molecule has 1 aromatic carbocycles. The van der Waals surface area contributed by atoms with Gasteiger partial charge in [0.2, 0.25) is 0 Å². The Kier molecular flexibility index (Phi) is 6.01. The van der Waals surface area contributed by atoms with Gasteiger partial charge in [-0.3, -0.25) is 4.98 Å². The summed E-state index contributed by atoms with van der Waals surface area (Å²) in [5, 5.41) is 4.34. The average molecular weight is 445 g/mol. The van der Waals surface area contributed by atoms with E-state index >= 15 is 0 Å². The number of aromatic nitrogens is 2. The number of anilines is 1. The topological polar surface area (TPSA) is 33.1 Å². The molecule has 2 atom stereocenters. The van der Waals surface area contributed by atoms with Crippen molar-refractivity contribution in [3.8, 4) is 0 Å². The first-order valence-corrected chi connectivity index (χ1v) is 12.3. The van der Waals surface area contributed by atoms with E-state index in [0.717, 1.165) is 16.5 Å². The van der Waals surface area contributed by atoms with Crippen LogP contribution in [-0.2, 0) is 0 Å². The van der Waals surface area contributed by atoms with Gasteiger partial charge in [-0.05, 0) is 72.4 Å². The average Bonchev–Trinajstić information content (AvgIpc) is 3.45. The molecule has 3 aromatic rings. The van der Waals surface area contributed by atoms with Crippen molar-refractivity contribution in [2.24, 2.45) is 0 Å². The lowest BCUT2D eigenvalue weighted by molar-refractivity contribution is 0.353. The van der Waals surface area contributed by atoms with E-state index in [4.69, 9.17) is 12.2 Å². The van der Waals surface area contributed by atoms with Gasteiger partial charge in [-0.2, -0.15) is 0 Å². The summed E-state index contributed by atoms with van der Waals surface area (Å²) in [6, 6.07) is 17.9. The second-order valence-electron chi connectivity index (χ2n) is 9.43. The molecular formula is C27H32N4S. The quantitative estimate of drug-likeness (QED) is 0.445. The van der Waals surface area contributed by atoms with Gasteiger partial charge in [0.1, 0.15) is 0 Å². The monoisotopic (exact) mass is 444 g/mol. The third-order valence-corrected chi connectivity index (χ3v) is 7.33. The molecule has 1 saturated carbocycles. The van der Waals surface area contributed by atoms with Crippen LogP contribution in [0.15, 0.2) is 67.1 Å². The largest absolute Gasteiger partial charge is 0.351 e. The normalized spacial score (nSPS) is 21.8. The van der Waals surface area contributed by atoms with E-state index in [1.807, 2.05) is 12.3 Å². The molecule has 166 valence electrons. The minimum absolute atomic E-state index is 0.00989. The minimum Gasteiger partial charge on any atom is -0.351 e. The van der Waals surface area contributed by atoms with Crippen LogP contribution in [0.4, 0.5) is 5.69 Å². The molecule has 0 unspecified atom stereocenters. The van der Waals surface area contributed by atoms with Gasteiger partial charge in [-0.1, -0.05) is 51.3 Å². The van der Waals surface area contributed by atoms with Crippen LogP contribution in [0.5, 0.6) is 0 Å². The molecule has 2 fully saturated rings. The fourth-order valence-electron chi connectivity index (χ4n) is 5.20.